The normalized spacial score (nSPS) is 10.9. The lowest BCUT2D eigenvalue weighted by atomic mass is 10.2. The molecule has 0 aliphatic rings. The Bertz CT molecular complexity index is 1460. The molecule has 1 amide bonds. The molecule has 1 N–H and O–H groups in total. The molecule has 0 fully saturated rings. The molecule has 170 valence electrons. The van der Waals surface area contributed by atoms with E-state index < -0.39 is 17.2 Å². The van der Waals surface area contributed by atoms with Gasteiger partial charge in [0.05, 0.1) is 25.4 Å². The number of amides is 1. The Morgan fingerprint density at radius 3 is 2.33 bits per heavy atom. The lowest BCUT2D eigenvalue weighted by molar-refractivity contribution is -0.116. The number of nitrogens with one attached hydrogen (secondary N) is 1. The topological polar surface area (TPSA) is 96.5 Å². The van der Waals surface area contributed by atoms with E-state index in [2.05, 4.69) is 5.32 Å². The van der Waals surface area contributed by atoms with E-state index in [9.17, 15) is 14.4 Å². The van der Waals surface area contributed by atoms with Gasteiger partial charge in [0.1, 0.15) is 12.1 Å². The summed E-state index contributed by atoms with van der Waals surface area (Å²) < 4.78 is 14.6. The number of fused-ring (bicyclic) bond motifs is 1. The maximum absolute atomic E-state index is 13.4. The summed E-state index contributed by atoms with van der Waals surface area (Å²) >= 11 is 0. The van der Waals surface area contributed by atoms with Gasteiger partial charge in [-0.25, -0.2) is 9.36 Å². The lowest BCUT2D eigenvalue weighted by Crippen LogP contribution is -2.41. The van der Waals surface area contributed by atoms with Crippen molar-refractivity contribution in [2.24, 2.45) is 7.05 Å². The van der Waals surface area contributed by atoms with Gasteiger partial charge < -0.3 is 19.4 Å². The number of nitrogens with zero attached hydrogens (tertiary/aromatic N) is 3. The van der Waals surface area contributed by atoms with Crippen molar-refractivity contribution in [2.45, 2.75) is 13.5 Å². The zero-order valence-electron chi connectivity index (χ0n) is 18.8. The van der Waals surface area contributed by atoms with Gasteiger partial charge >= 0.3 is 5.69 Å². The van der Waals surface area contributed by atoms with E-state index in [0.717, 1.165) is 10.3 Å². The van der Waals surface area contributed by atoms with Crippen LogP contribution in [-0.2, 0) is 18.4 Å². The molecule has 4 aromatic rings. The number of carbonyl (C=O) groups is 1. The van der Waals surface area contributed by atoms with Crippen LogP contribution in [0.25, 0.3) is 16.7 Å². The van der Waals surface area contributed by atoms with Crippen LogP contribution in [0.4, 0.5) is 5.69 Å². The maximum atomic E-state index is 13.4. The first kappa shape index (κ1) is 21.9. The summed E-state index contributed by atoms with van der Waals surface area (Å²) in [5.41, 5.74) is 1.43. The minimum atomic E-state index is -0.591. The first-order valence-electron chi connectivity index (χ1n) is 10.2. The second kappa shape index (κ2) is 8.70. The molecule has 9 nitrogen and oxygen atoms in total. The molecule has 0 unspecified atom stereocenters. The quantitative estimate of drug-likeness (QED) is 0.489. The average Bonchev–Trinajstić information content (AvgIpc) is 3.11. The number of hydrogen-bond donors (Lipinski definition) is 1. The number of ether oxygens (including phenoxy) is 2. The van der Waals surface area contributed by atoms with Crippen molar-refractivity contribution in [3.63, 3.8) is 0 Å². The summed E-state index contributed by atoms with van der Waals surface area (Å²) in [4.78, 5) is 39.6. The smallest absolute Gasteiger partial charge is 0.336 e. The molecule has 2 aromatic heterocycles. The van der Waals surface area contributed by atoms with Gasteiger partial charge in [-0.1, -0.05) is 18.2 Å². The van der Waals surface area contributed by atoms with Gasteiger partial charge in [0.2, 0.25) is 5.91 Å². The molecule has 2 heterocycles. The average molecular weight is 448 g/mol. The van der Waals surface area contributed by atoms with Crippen LogP contribution >= 0.6 is 0 Å². The number of aryl methyl sites for hydroxylation is 2. The van der Waals surface area contributed by atoms with E-state index in [1.165, 1.54) is 18.8 Å². The molecule has 4 rings (SSSR count). The fraction of sp³-hybridized carbons (Fsp3) is 0.208. The number of benzene rings is 2. The molecule has 0 bridgehead atoms. The first-order chi connectivity index (χ1) is 15.8. The monoisotopic (exact) mass is 448 g/mol. The van der Waals surface area contributed by atoms with Crippen LogP contribution in [0.5, 0.6) is 11.5 Å². The second-order valence-corrected chi connectivity index (χ2v) is 7.54. The third kappa shape index (κ3) is 3.89. The number of carbonyl (C=O) groups excluding carboxylic acids is 1. The third-order valence-electron chi connectivity index (χ3n) is 5.55. The van der Waals surface area contributed by atoms with Gasteiger partial charge in [-0.2, -0.15) is 0 Å². The SMILES string of the molecule is COc1ccc(NC(=O)Cn2c(=O)n(-c3ccccc3)c(=O)c3c2cc(C)n3C)cc1OC. The maximum Gasteiger partial charge on any atom is 0.336 e. The second-order valence-electron chi connectivity index (χ2n) is 7.54. The molecule has 0 radical (unpaired) electrons. The first-order valence-corrected chi connectivity index (χ1v) is 10.2. The van der Waals surface area contributed by atoms with Gasteiger partial charge in [0.25, 0.3) is 5.56 Å². The summed E-state index contributed by atoms with van der Waals surface area (Å²) in [5, 5.41) is 2.78. The van der Waals surface area contributed by atoms with Crippen molar-refractivity contribution in [1.29, 1.82) is 0 Å². The van der Waals surface area contributed by atoms with E-state index in [-0.39, 0.29) is 6.54 Å². The molecule has 2 aromatic carbocycles. The van der Waals surface area contributed by atoms with Crippen molar-refractivity contribution < 1.29 is 14.3 Å². The Morgan fingerprint density at radius 1 is 0.970 bits per heavy atom. The van der Waals surface area contributed by atoms with E-state index >= 15 is 0 Å². The molecule has 33 heavy (non-hydrogen) atoms. The molecule has 0 spiro atoms. The highest BCUT2D eigenvalue weighted by atomic mass is 16.5. The third-order valence-corrected chi connectivity index (χ3v) is 5.55. The highest BCUT2D eigenvalue weighted by Crippen LogP contribution is 2.29. The van der Waals surface area contributed by atoms with Crippen LogP contribution in [-0.4, -0.2) is 33.8 Å². The largest absolute Gasteiger partial charge is 0.493 e. The molecule has 0 saturated heterocycles. The van der Waals surface area contributed by atoms with Crippen molar-refractivity contribution in [1.82, 2.24) is 13.7 Å². The fourth-order valence-corrected chi connectivity index (χ4v) is 3.80. The predicted molar refractivity (Wildman–Crippen MR) is 126 cm³/mol. The van der Waals surface area contributed by atoms with Crippen LogP contribution < -0.4 is 26.0 Å². The van der Waals surface area contributed by atoms with Gasteiger partial charge in [-0.15, -0.1) is 0 Å². The van der Waals surface area contributed by atoms with E-state index in [1.54, 1.807) is 66.2 Å². The predicted octanol–water partition coefficient (Wildman–Crippen LogP) is 2.46. The standard InChI is InChI=1S/C24H24N4O5/c1-15-12-18-22(26(15)2)23(30)28(17-8-6-5-7-9-17)24(31)27(18)14-21(29)25-16-10-11-19(32-3)20(13-16)33-4/h5-13H,14H2,1-4H3,(H,25,29). The Labute approximate surface area is 189 Å². The summed E-state index contributed by atoms with van der Waals surface area (Å²) in [6.07, 6.45) is 0. The van der Waals surface area contributed by atoms with Crippen LogP contribution in [0.1, 0.15) is 5.69 Å². The van der Waals surface area contributed by atoms with Gasteiger partial charge in [0.15, 0.2) is 11.5 Å². The van der Waals surface area contributed by atoms with E-state index in [4.69, 9.17) is 9.47 Å². The molecule has 0 aliphatic carbocycles. The van der Waals surface area contributed by atoms with Crippen LogP contribution in [0.15, 0.2) is 64.2 Å². The van der Waals surface area contributed by atoms with Crippen LogP contribution in [0, 0.1) is 6.92 Å². The van der Waals surface area contributed by atoms with Crippen molar-refractivity contribution in [3.8, 4) is 17.2 Å². The lowest BCUT2D eigenvalue weighted by Gasteiger charge is -2.14. The summed E-state index contributed by atoms with van der Waals surface area (Å²) in [6, 6.07) is 15.4. The Hall–Kier alpha value is -4.27. The summed E-state index contributed by atoms with van der Waals surface area (Å²) in [5.74, 6) is 0.569. The molecular formula is C24H24N4O5. The van der Waals surface area contributed by atoms with Crippen molar-refractivity contribution in [2.75, 3.05) is 19.5 Å². The Morgan fingerprint density at radius 2 is 1.67 bits per heavy atom. The minimum Gasteiger partial charge on any atom is -0.493 e. The fourth-order valence-electron chi connectivity index (χ4n) is 3.80. The van der Waals surface area contributed by atoms with Crippen LogP contribution in [0.3, 0.4) is 0 Å². The van der Waals surface area contributed by atoms with Crippen molar-refractivity contribution >= 4 is 22.6 Å². The number of anilines is 1. The minimum absolute atomic E-state index is 0.278. The highest BCUT2D eigenvalue weighted by molar-refractivity contribution is 5.92. The van der Waals surface area contributed by atoms with Crippen molar-refractivity contribution in [3.05, 3.63) is 81.1 Å². The molecular weight excluding hydrogens is 424 g/mol. The Balaban J connectivity index is 1.79. The molecule has 9 heteroatoms. The number of rotatable bonds is 6. The van der Waals surface area contributed by atoms with Gasteiger partial charge in [0, 0.05) is 24.5 Å². The van der Waals surface area contributed by atoms with Gasteiger partial charge in [-0.05, 0) is 37.3 Å². The number of methoxy groups -OCH3 is 2. The zero-order valence-corrected chi connectivity index (χ0v) is 18.8. The van der Waals surface area contributed by atoms with E-state index in [0.29, 0.717) is 33.9 Å². The highest BCUT2D eigenvalue weighted by Gasteiger charge is 2.20. The summed E-state index contributed by atoms with van der Waals surface area (Å²) in [6.45, 7) is 1.56. The molecule has 0 saturated carbocycles. The van der Waals surface area contributed by atoms with E-state index in [1.807, 2.05) is 6.92 Å². The molecule has 0 aliphatic heterocycles. The number of aromatic nitrogens is 3. The van der Waals surface area contributed by atoms with Crippen LogP contribution in [0.2, 0.25) is 0 Å². The number of hydrogen-bond acceptors (Lipinski definition) is 5. The summed E-state index contributed by atoms with van der Waals surface area (Å²) in [7, 11) is 4.79. The Kier molecular flexibility index (Phi) is 5.78. The van der Waals surface area contributed by atoms with Gasteiger partial charge in [-0.3, -0.25) is 14.2 Å². The molecule has 0 atom stereocenters. The number of para-hydroxylation sites is 1. The zero-order chi connectivity index (χ0) is 23.7.